The van der Waals surface area contributed by atoms with E-state index in [0.29, 0.717) is 11.6 Å². The summed E-state index contributed by atoms with van der Waals surface area (Å²) in [5.41, 5.74) is 6.81. The van der Waals surface area contributed by atoms with Crippen LogP contribution in [0.25, 0.3) is 11.4 Å². The molecule has 0 radical (unpaired) electrons. The number of nitrogens with zero attached hydrogens (tertiary/aromatic N) is 2. The van der Waals surface area contributed by atoms with Gasteiger partial charge in [-0.15, -0.1) is 0 Å². The fourth-order valence-corrected chi connectivity index (χ4v) is 1.68. The number of benzene rings is 1. The molecule has 100 valence electrons. The molecular formula is C15H20N4. The van der Waals surface area contributed by atoms with E-state index in [0.717, 1.165) is 17.8 Å². The van der Waals surface area contributed by atoms with E-state index >= 15 is 0 Å². The molecule has 2 aromatic rings. The van der Waals surface area contributed by atoms with Crippen LogP contribution in [0.4, 0.5) is 11.6 Å². The summed E-state index contributed by atoms with van der Waals surface area (Å²) >= 11 is 0. The molecular weight excluding hydrogens is 236 g/mol. The Kier molecular flexibility index (Phi) is 3.69. The lowest BCUT2D eigenvalue weighted by Gasteiger charge is -2.25. The van der Waals surface area contributed by atoms with Crippen molar-refractivity contribution in [2.75, 3.05) is 11.1 Å². The van der Waals surface area contributed by atoms with Gasteiger partial charge in [-0.2, -0.15) is 0 Å². The lowest BCUT2D eigenvalue weighted by Crippen LogP contribution is -2.30. The van der Waals surface area contributed by atoms with Gasteiger partial charge in [-0.25, -0.2) is 9.97 Å². The van der Waals surface area contributed by atoms with Crippen LogP contribution in [-0.4, -0.2) is 15.5 Å². The molecule has 1 aromatic heterocycles. The number of anilines is 2. The smallest absolute Gasteiger partial charge is 0.163 e. The standard InChI is InChI=1S/C15H20N4/c1-4-15(2,3)19-13-10-12(16)17-14(18-13)11-8-6-5-7-9-11/h5-10H,4H2,1-3H3,(H3,16,17,18,19). The van der Waals surface area contributed by atoms with Gasteiger partial charge >= 0.3 is 0 Å². The van der Waals surface area contributed by atoms with Crippen LogP contribution in [0.15, 0.2) is 36.4 Å². The Morgan fingerprint density at radius 3 is 2.47 bits per heavy atom. The van der Waals surface area contributed by atoms with Crippen LogP contribution in [0.3, 0.4) is 0 Å². The van der Waals surface area contributed by atoms with E-state index in [1.54, 1.807) is 6.07 Å². The van der Waals surface area contributed by atoms with Gasteiger partial charge in [0.25, 0.3) is 0 Å². The number of aromatic nitrogens is 2. The van der Waals surface area contributed by atoms with Gasteiger partial charge in [0, 0.05) is 17.2 Å². The SMILES string of the molecule is CCC(C)(C)Nc1cc(N)nc(-c2ccccc2)n1. The monoisotopic (exact) mass is 256 g/mol. The molecule has 0 spiro atoms. The third kappa shape index (κ3) is 3.44. The van der Waals surface area contributed by atoms with E-state index in [4.69, 9.17) is 5.73 Å². The van der Waals surface area contributed by atoms with E-state index in [-0.39, 0.29) is 5.54 Å². The molecule has 0 bridgehead atoms. The second kappa shape index (κ2) is 5.26. The van der Waals surface area contributed by atoms with Gasteiger partial charge in [-0.3, -0.25) is 0 Å². The summed E-state index contributed by atoms with van der Waals surface area (Å²) < 4.78 is 0. The van der Waals surface area contributed by atoms with Crippen molar-refractivity contribution in [3.63, 3.8) is 0 Å². The summed E-state index contributed by atoms with van der Waals surface area (Å²) in [7, 11) is 0. The minimum Gasteiger partial charge on any atom is -0.384 e. The molecule has 0 saturated heterocycles. The van der Waals surface area contributed by atoms with E-state index < -0.39 is 0 Å². The van der Waals surface area contributed by atoms with Crippen molar-refractivity contribution in [1.82, 2.24) is 9.97 Å². The van der Waals surface area contributed by atoms with Gasteiger partial charge in [-0.05, 0) is 20.3 Å². The number of nitrogens with one attached hydrogen (secondary N) is 1. The summed E-state index contributed by atoms with van der Waals surface area (Å²) in [5, 5.41) is 3.39. The Balaban J connectivity index is 2.35. The third-order valence-electron chi connectivity index (χ3n) is 3.13. The summed E-state index contributed by atoms with van der Waals surface area (Å²) in [5.74, 6) is 1.89. The normalized spacial score (nSPS) is 11.3. The molecule has 19 heavy (non-hydrogen) atoms. The quantitative estimate of drug-likeness (QED) is 0.880. The van der Waals surface area contributed by atoms with Gasteiger partial charge in [0.1, 0.15) is 11.6 Å². The lowest BCUT2D eigenvalue weighted by molar-refractivity contribution is 0.545. The summed E-state index contributed by atoms with van der Waals surface area (Å²) in [6.07, 6.45) is 0.998. The van der Waals surface area contributed by atoms with Gasteiger partial charge < -0.3 is 11.1 Å². The van der Waals surface area contributed by atoms with E-state index in [1.807, 2.05) is 30.3 Å². The molecule has 4 nitrogen and oxygen atoms in total. The molecule has 1 aromatic carbocycles. The average Bonchev–Trinajstić information content (AvgIpc) is 2.38. The Hall–Kier alpha value is -2.10. The van der Waals surface area contributed by atoms with E-state index in [9.17, 15) is 0 Å². The van der Waals surface area contributed by atoms with Gasteiger partial charge in [0.15, 0.2) is 5.82 Å². The lowest BCUT2D eigenvalue weighted by atomic mass is 10.0. The van der Waals surface area contributed by atoms with Crippen LogP contribution in [0.5, 0.6) is 0 Å². The van der Waals surface area contributed by atoms with Crippen LogP contribution in [0.2, 0.25) is 0 Å². The van der Waals surface area contributed by atoms with Crippen LogP contribution in [0, 0.1) is 0 Å². The van der Waals surface area contributed by atoms with Crippen molar-refractivity contribution in [2.45, 2.75) is 32.7 Å². The number of hydrogen-bond acceptors (Lipinski definition) is 4. The van der Waals surface area contributed by atoms with Crippen molar-refractivity contribution in [3.05, 3.63) is 36.4 Å². The first-order chi connectivity index (χ1) is 9.00. The predicted molar refractivity (Wildman–Crippen MR) is 79.9 cm³/mol. The number of nitrogen functional groups attached to an aromatic ring is 1. The zero-order valence-corrected chi connectivity index (χ0v) is 11.6. The van der Waals surface area contributed by atoms with E-state index in [2.05, 4.69) is 36.1 Å². The first kappa shape index (κ1) is 13.3. The van der Waals surface area contributed by atoms with Crippen LogP contribution in [-0.2, 0) is 0 Å². The molecule has 3 N–H and O–H groups in total. The highest BCUT2D eigenvalue weighted by Gasteiger charge is 2.16. The second-order valence-electron chi connectivity index (χ2n) is 5.23. The predicted octanol–water partition coefficient (Wildman–Crippen LogP) is 3.33. The van der Waals surface area contributed by atoms with Gasteiger partial charge in [0.05, 0.1) is 0 Å². The topological polar surface area (TPSA) is 63.8 Å². The Bertz CT molecular complexity index is 549. The van der Waals surface area contributed by atoms with Crippen molar-refractivity contribution in [2.24, 2.45) is 0 Å². The summed E-state index contributed by atoms with van der Waals surface area (Å²) in [6, 6.07) is 11.6. The summed E-state index contributed by atoms with van der Waals surface area (Å²) in [6.45, 7) is 6.40. The van der Waals surface area contributed by atoms with Crippen molar-refractivity contribution in [3.8, 4) is 11.4 Å². The zero-order chi connectivity index (χ0) is 13.9. The highest BCUT2D eigenvalue weighted by Crippen LogP contribution is 2.21. The fraction of sp³-hybridized carbons (Fsp3) is 0.333. The maximum Gasteiger partial charge on any atom is 0.163 e. The van der Waals surface area contributed by atoms with Gasteiger partial charge in [-0.1, -0.05) is 37.3 Å². The highest BCUT2D eigenvalue weighted by atomic mass is 15.1. The first-order valence-electron chi connectivity index (χ1n) is 6.48. The van der Waals surface area contributed by atoms with Crippen LogP contribution in [0.1, 0.15) is 27.2 Å². The molecule has 0 fully saturated rings. The number of hydrogen-bond donors (Lipinski definition) is 2. The van der Waals surface area contributed by atoms with Crippen LogP contribution >= 0.6 is 0 Å². The first-order valence-corrected chi connectivity index (χ1v) is 6.48. The third-order valence-corrected chi connectivity index (χ3v) is 3.13. The largest absolute Gasteiger partial charge is 0.384 e. The van der Waals surface area contributed by atoms with E-state index in [1.165, 1.54) is 0 Å². The van der Waals surface area contributed by atoms with Crippen molar-refractivity contribution in [1.29, 1.82) is 0 Å². The molecule has 0 atom stereocenters. The van der Waals surface area contributed by atoms with Gasteiger partial charge in [0.2, 0.25) is 0 Å². The molecule has 0 aliphatic carbocycles. The Labute approximate surface area is 114 Å². The zero-order valence-electron chi connectivity index (χ0n) is 11.6. The molecule has 0 amide bonds. The minimum absolute atomic E-state index is 0.0191. The summed E-state index contributed by atoms with van der Waals surface area (Å²) in [4.78, 5) is 8.82. The molecule has 4 heteroatoms. The molecule has 0 aliphatic rings. The molecule has 0 unspecified atom stereocenters. The average molecular weight is 256 g/mol. The molecule has 0 saturated carbocycles. The maximum atomic E-state index is 5.87. The maximum absolute atomic E-state index is 5.87. The van der Waals surface area contributed by atoms with Crippen LogP contribution < -0.4 is 11.1 Å². The fourth-order valence-electron chi connectivity index (χ4n) is 1.68. The number of nitrogens with two attached hydrogens (primary N) is 1. The molecule has 2 rings (SSSR count). The number of rotatable bonds is 4. The second-order valence-corrected chi connectivity index (χ2v) is 5.23. The van der Waals surface area contributed by atoms with Crippen molar-refractivity contribution < 1.29 is 0 Å². The molecule has 0 aliphatic heterocycles. The molecule has 1 heterocycles. The minimum atomic E-state index is -0.0191. The highest BCUT2D eigenvalue weighted by molar-refractivity contribution is 5.60. The Morgan fingerprint density at radius 2 is 1.84 bits per heavy atom. The Morgan fingerprint density at radius 1 is 1.16 bits per heavy atom. The van der Waals surface area contributed by atoms with Crippen molar-refractivity contribution >= 4 is 11.6 Å².